The minimum atomic E-state index is -3.67. The highest BCUT2D eigenvalue weighted by Crippen LogP contribution is 2.23. The van der Waals surface area contributed by atoms with Crippen LogP contribution in [0, 0.1) is 0 Å². The Morgan fingerprint density at radius 1 is 1.30 bits per heavy atom. The second kappa shape index (κ2) is 6.17. The number of nitrogens with zero attached hydrogens (tertiary/aromatic N) is 1. The van der Waals surface area contributed by atoms with E-state index in [2.05, 4.69) is 5.32 Å². The normalized spacial score (nSPS) is 14.6. The van der Waals surface area contributed by atoms with E-state index in [1.54, 1.807) is 25.1 Å². The van der Waals surface area contributed by atoms with Gasteiger partial charge in [-0.1, -0.05) is 13.0 Å². The zero-order chi connectivity index (χ0) is 16.4. The highest BCUT2D eigenvalue weighted by atomic mass is 32.2. The molecule has 1 aliphatic rings. The van der Waals surface area contributed by atoms with Crippen LogP contribution in [0.1, 0.15) is 28.4 Å². The summed E-state index contributed by atoms with van der Waals surface area (Å²) in [5.74, 6) is -0.221. The van der Waals surface area contributed by atoms with Gasteiger partial charge in [-0.25, -0.2) is 8.42 Å². The molecule has 0 radical (unpaired) electrons. The van der Waals surface area contributed by atoms with Gasteiger partial charge < -0.3 is 9.73 Å². The van der Waals surface area contributed by atoms with E-state index in [9.17, 15) is 13.2 Å². The molecular weight excluding hydrogens is 316 g/mol. The standard InChI is InChI=1S/C16H18N2O4S/c1-2-18(10-12-6-8-22-11-12)23(20,21)14-4-3-13-5-7-17-16(19)15(13)9-14/h3-4,6,8-9,11H,2,5,7,10H2,1H3,(H,17,19). The minimum absolute atomic E-state index is 0.138. The number of carbonyl (C=O) groups excluding carboxylic acids is 1. The number of nitrogens with one attached hydrogen (secondary N) is 1. The Morgan fingerprint density at radius 3 is 2.83 bits per heavy atom. The molecule has 2 heterocycles. The molecule has 0 atom stereocenters. The number of amides is 1. The lowest BCUT2D eigenvalue weighted by atomic mass is 10.0. The van der Waals surface area contributed by atoms with Gasteiger partial charge in [0.2, 0.25) is 10.0 Å². The average Bonchev–Trinajstić information content (AvgIpc) is 3.05. The number of carbonyl (C=O) groups is 1. The van der Waals surface area contributed by atoms with Gasteiger partial charge in [0.25, 0.3) is 5.91 Å². The van der Waals surface area contributed by atoms with Gasteiger partial charge in [-0.15, -0.1) is 0 Å². The smallest absolute Gasteiger partial charge is 0.251 e. The maximum atomic E-state index is 12.8. The summed E-state index contributed by atoms with van der Waals surface area (Å²) >= 11 is 0. The summed E-state index contributed by atoms with van der Waals surface area (Å²) in [7, 11) is -3.67. The number of hydrogen-bond acceptors (Lipinski definition) is 4. The van der Waals surface area contributed by atoms with Crippen molar-refractivity contribution < 1.29 is 17.6 Å². The molecule has 0 spiro atoms. The van der Waals surface area contributed by atoms with E-state index < -0.39 is 10.0 Å². The van der Waals surface area contributed by atoms with Gasteiger partial charge in [-0.3, -0.25) is 4.79 Å². The molecule has 0 fully saturated rings. The molecule has 3 rings (SSSR count). The summed E-state index contributed by atoms with van der Waals surface area (Å²) in [4.78, 5) is 12.1. The van der Waals surface area contributed by atoms with Crippen LogP contribution in [-0.4, -0.2) is 31.7 Å². The zero-order valence-electron chi connectivity index (χ0n) is 12.8. The maximum Gasteiger partial charge on any atom is 0.251 e. The summed E-state index contributed by atoms with van der Waals surface area (Å²) < 4.78 is 32.0. The van der Waals surface area contributed by atoms with Crippen molar-refractivity contribution >= 4 is 15.9 Å². The Hall–Kier alpha value is -2.12. The van der Waals surface area contributed by atoms with Crippen molar-refractivity contribution in [1.29, 1.82) is 0 Å². The van der Waals surface area contributed by atoms with Gasteiger partial charge in [0.1, 0.15) is 0 Å². The number of benzene rings is 1. The molecule has 0 unspecified atom stereocenters. The van der Waals surface area contributed by atoms with Crippen LogP contribution >= 0.6 is 0 Å². The molecule has 0 saturated carbocycles. The predicted octanol–water partition coefficient (Wildman–Crippen LogP) is 1.78. The lowest BCUT2D eigenvalue weighted by molar-refractivity contribution is 0.0945. The molecule has 2 aromatic rings. The molecule has 0 saturated heterocycles. The molecule has 122 valence electrons. The highest BCUT2D eigenvalue weighted by Gasteiger charge is 2.26. The first kappa shape index (κ1) is 15.8. The fourth-order valence-corrected chi connectivity index (χ4v) is 4.12. The van der Waals surface area contributed by atoms with E-state index in [0.29, 0.717) is 25.1 Å². The Bertz CT molecular complexity index is 813. The number of sulfonamides is 1. The van der Waals surface area contributed by atoms with Crippen molar-refractivity contribution in [3.63, 3.8) is 0 Å². The van der Waals surface area contributed by atoms with Gasteiger partial charge in [-0.2, -0.15) is 4.31 Å². The fraction of sp³-hybridized carbons (Fsp3) is 0.312. The predicted molar refractivity (Wildman–Crippen MR) is 84.5 cm³/mol. The first-order valence-electron chi connectivity index (χ1n) is 7.44. The molecule has 0 aliphatic carbocycles. The Morgan fingerprint density at radius 2 is 2.13 bits per heavy atom. The minimum Gasteiger partial charge on any atom is -0.472 e. The van der Waals surface area contributed by atoms with Crippen molar-refractivity contribution in [3.05, 3.63) is 53.5 Å². The Labute approximate surface area is 135 Å². The van der Waals surface area contributed by atoms with Crippen LogP contribution in [0.15, 0.2) is 46.1 Å². The van der Waals surface area contributed by atoms with Crippen molar-refractivity contribution in [2.45, 2.75) is 24.8 Å². The van der Waals surface area contributed by atoms with Crippen LogP contribution < -0.4 is 5.32 Å². The highest BCUT2D eigenvalue weighted by molar-refractivity contribution is 7.89. The zero-order valence-corrected chi connectivity index (χ0v) is 13.6. The molecule has 0 bridgehead atoms. The topological polar surface area (TPSA) is 79.6 Å². The fourth-order valence-electron chi connectivity index (χ4n) is 2.65. The first-order valence-corrected chi connectivity index (χ1v) is 8.88. The van der Waals surface area contributed by atoms with E-state index in [1.165, 1.54) is 22.9 Å². The number of rotatable bonds is 5. The van der Waals surface area contributed by atoms with Gasteiger partial charge in [0, 0.05) is 30.8 Å². The summed E-state index contributed by atoms with van der Waals surface area (Å²) in [6, 6.07) is 6.51. The van der Waals surface area contributed by atoms with Crippen LogP contribution in [0.5, 0.6) is 0 Å². The lowest BCUT2D eigenvalue weighted by Crippen LogP contribution is -2.33. The van der Waals surface area contributed by atoms with Gasteiger partial charge in [0.15, 0.2) is 0 Å². The van der Waals surface area contributed by atoms with Crippen molar-refractivity contribution in [1.82, 2.24) is 9.62 Å². The molecule has 6 nitrogen and oxygen atoms in total. The number of hydrogen-bond donors (Lipinski definition) is 1. The summed E-state index contributed by atoms with van der Waals surface area (Å²) in [6.07, 6.45) is 3.76. The molecule has 1 amide bonds. The van der Waals surface area contributed by atoms with E-state index in [4.69, 9.17) is 4.42 Å². The van der Waals surface area contributed by atoms with Gasteiger partial charge in [0.05, 0.1) is 17.4 Å². The largest absolute Gasteiger partial charge is 0.472 e. The summed E-state index contributed by atoms with van der Waals surface area (Å²) in [5.41, 5.74) is 2.11. The van der Waals surface area contributed by atoms with Crippen LogP contribution in [0.2, 0.25) is 0 Å². The molecule has 1 aliphatic heterocycles. The summed E-state index contributed by atoms with van der Waals surface area (Å²) in [6.45, 7) is 2.93. The second-order valence-electron chi connectivity index (χ2n) is 5.39. The third kappa shape index (κ3) is 3.02. The van der Waals surface area contributed by atoms with Crippen LogP contribution in [0.4, 0.5) is 0 Å². The first-order chi connectivity index (χ1) is 11.0. The van der Waals surface area contributed by atoms with Crippen LogP contribution in [0.25, 0.3) is 0 Å². The Balaban J connectivity index is 1.95. The SMILES string of the molecule is CCN(Cc1ccoc1)S(=O)(=O)c1ccc2c(c1)C(=O)NCC2. The van der Waals surface area contributed by atoms with Crippen LogP contribution in [0.3, 0.4) is 0 Å². The van der Waals surface area contributed by atoms with Crippen molar-refractivity contribution in [3.8, 4) is 0 Å². The number of fused-ring (bicyclic) bond motifs is 1. The van der Waals surface area contributed by atoms with E-state index in [-0.39, 0.29) is 17.3 Å². The van der Waals surface area contributed by atoms with Crippen molar-refractivity contribution in [2.75, 3.05) is 13.1 Å². The van der Waals surface area contributed by atoms with Crippen LogP contribution in [-0.2, 0) is 23.0 Å². The van der Waals surface area contributed by atoms with E-state index in [0.717, 1.165) is 11.1 Å². The maximum absolute atomic E-state index is 12.8. The monoisotopic (exact) mass is 334 g/mol. The molecule has 23 heavy (non-hydrogen) atoms. The lowest BCUT2D eigenvalue weighted by Gasteiger charge is -2.22. The van der Waals surface area contributed by atoms with Gasteiger partial charge >= 0.3 is 0 Å². The molecule has 1 aromatic heterocycles. The van der Waals surface area contributed by atoms with E-state index in [1.807, 2.05) is 0 Å². The van der Waals surface area contributed by atoms with Crippen molar-refractivity contribution in [2.24, 2.45) is 0 Å². The third-order valence-electron chi connectivity index (χ3n) is 3.94. The van der Waals surface area contributed by atoms with Gasteiger partial charge in [-0.05, 0) is 30.2 Å². The summed E-state index contributed by atoms with van der Waals surface area (Å²) in [5, 5.41) is 2.74. The molecular formula is C16H18N2O4S. The van der Waals surface area contributed by atoms with E-state index >= 15 is 0 Å². The quantitative estimate of drug-likeness (QED) is 0.904. The molecule has 7 heteroatoms. The third-order valence-corrected chi connectivity index (χ3v) is 5.85. The Kier molecular flexibility index (Phi) is 4.23. The molecule has 1 aromatic carbocycles. The second-order valence-corrected chi connectivity index (χ2v) is 7.33. The molecule has 1 N–H and O–H groups in total. The average molecular weight is 334 g/mol. The number of furan rings is 1.